The Bertz CT molecular complexity index is 763. The minimum absolute atomic E-state index is 0.322. The summed E-state index contributed by atoms with van der Waals surface area (Å²) in [6.45, 7) is 2.21. The Hall–Kier alpha value is -2.07. The predicted molar refractivity (Wildman–Crippen MR) is 110 cm³/mol. The summed E-state index contributed by atoms with van der Waals surface area (Å²) in [5.74, 6) is 0.484. The van der Waals surface area contributed by atoms with Gasteiger partial charge in [-0.15, -0.1) is 0 Å². The zero-order valence-corrected chi connectivity index (χ0v) is 17.1. The topological polar surface area (TPSA) is 35.5 Å². The Morgan fingerprint density at radius 1 is 1.00 bits per heavy atom. The number of esters is 1. The van der Waals surface area contributed by atoms with Crippen molar-refractivity contribution in [2.24, 2.45) is 0 Å². The van der Waals surface area contributed by atoms with E-state index in [1.807, 2.05) is 18.2 Å². The number of ether oxygens (including phenoxy) is 2. The molecule has 0 aliphatic rings. The zero-order valence-electron chi connectivity index (χ0n) is 15.5. The second kappa shape index (κ2) is 10.2. The molecule has 138 valence electrons. The Morgan fingerprint density at radius 2 is 1.65 bits per heavy atom. The quantitative estimate of drug-likeness (QED) is 0.376. The lowest BCUT2D eigenvalue weighted by Crippen LogP contribution is -2.01. The molecule has 0 N–H and O–H groups in total. The average Bonchev–Trinajstić information content (AvgIpc) is 2.67. The highest BCUT2D eigenvalue weighted by Crippen LogP contribution is 2.32. The van der Waals surface area contributed by atoms with Gasteiger partial charge in [0.1, 0.15) is 5.75 Å². The van der Waals surface area contributed by atoms with E-state index >= 15 is 0 Å². The second-order valence-corrected chi connectivity index (χ2v) is 6.89. The van der Waals surface area contributed by atoms with E-state index in [2.05, 4.69) is 41.1 Å². The van der Waals surface area contributed by atoms with E-state index < -0.39 is 0 Å². The van der Waals surface area contributed by atoms with Crippen molar-refractivity contribution in [2.45, 2.75) is 32.6 Å². The standard InChI is InChI=1S/C22H25BrO3/c1-4-5-6-7-8-19(18-13-14-21(25-2)20(23)15-18)16-9-11-17(12-10-16)22(24)26-3/h8-15H,4-7H2,1-3H3/b19-8-. The first-order valence-corrected chi connectivity index (χ1v) is 9.62. The molecule has 2 rings (SSSR count). The summed E-state index contributed by atoms with van der Waals surface area (Å²) in [6, 6.07) is 13.6. The van der Waals surface area contributed by atoms with Gasteiger partial charge in [0.25, 0.3) is 0 Å². The van der Waals surface area contributed by atoms with E-state index in [0.717, 1.165) is 39.8 Å². The molecule has 0 atom stereocenters. The molecule has 0 aromatic heterocycles. The summed E-state index contributed by atoms with van der Waals surface area (Å²) in [5, 5.41) is 0. The van der Waals surface area contributed by atoms with Gasteiger partial charge in [0.2, 0.25) is 0 Å². The molecule has 0 amide bonds. The fourth-order valence-corrected chi connectivity index (χ4v) is 3.32. The molecule has 0 unspecified atom stereocenters. The number of rotatable bonds is 8. The van der Waals surface area contributed by atoms with Gasteiger partial charge >= 0.3 is 5.97 Å². The average molecular weight is 417 g/mol. The molecule has 2 aromatic carbocycles. The van der Waals surface area contributed by atoms with Gasteiger partial charge in [0, 0.05) is 0 Å². The lowest BCUT2D eigenvalue weighted by molar-refractivity contribution is 0.0600. The van der Waals surface area contributed by atoms with Crippen molar-refractivity contribution >= 4 is 27.5 Å². The van der Waals surface area contributed by atoms with Crippen LogP contribution in [0.3, 0.4) is 0 Å². The number of carbonyl (C=O) groups excluding carboxylic acids is 1. The van der Waals surface area contributed by atoms with Crippen LogP contribution in [-0.2, 0) is 4.74 Å². The van der Waals surface area contributed by atoms with E-state index in [4.69, 9.17) is 9.47 Å². The van der Waals surface area contributed by atoms with Crippen molar-refractivity contribution in [1.29, 1.82) is 0 Å². The Morgan fingerprint density at radius 3 is 2.23 bits per heavy atom. The van der Waals surface area contributed by atoms with Crippen molar-refractivity contribution in [1.82, 2.24) is 0 Å². The Balaban J connectivity index is 2.37. The number of allylic oxidation sites excluding steroid dienone is 1. The summed E-state index contributed by atoms with van der Waals surface area (Å²) >= 11 is 3.57. The SMILES string of the molecule is CCCCC/C=C(/c1ccc(C(=O)OC)cc1)c1ccc(OC)c(Br)c1. The third-order valence-corrected chi connectivity index (χ3v) is 4.86. The third kappa shape index (κ3) is 5.21. The Kier molecular flexibility index (Phi) is 7.92. The van der Waals surface area contributed by atoms with Crippen LogP contribution in [0.2, 0.25) is 0 Å². The number of halogens is 1. The highest BCUT2D eigenvalue weighted by Gasteiger charge is 2.10. The number of hydrogen-bond donors (Lipinski definition) is 0. The molecular weight excluding hydrogens is 392 g/mol. The molecule has 0 heterocycles. The maximum atomic E-state index is 11.7. The van der Waals surface area contributed by atoms with Gasteiger partial charge < -0.3 is 9.47 Å². The minimum atomic E-state index is -0.322. The van der Waals surface area contributed by atoms with Gasteiger partial charge in [-0.05, 0) is 69.7 Å². The summed E-state index contributed by atoms with van der Waals surface area (Å²) in [4.78, 5) is 11.7. The first kappa shape index (κ1) is 20.2. The molecule has 4 heteroatoms. The normalized spacial score (nSPS) is 11.3. The molecular formula is C22H25BrO3. The first-order chi connectivity index (χ1) is 12.6. The number of methoxy groups -OCH3 is 2. The van der Waals surface area contributed by atoms with E-state index in [-0.39, 0.29) is 5.97 Å². The van der Waals surface area contributed by atoms with E-state index in [9.17, 15) is 4.79 Å². The van der Waals surface area contributed by atoms with Crippen LogP contribution >= 0.6 is 15.9 Å². The lowest BCUT2D eigenvalue weighted by atomic mass is 9.95. The van der Waals surface area contributed by atoms with Crippen LogP contribution in [0, 0.1) is 0 Å². The molecule has 0 saturated heterocycles. The molecule has 0 aliphatic carbocycles. The second-order valence-electron chi connectivity index (χ2n) is 6.03. The highest BCUT2D eigenvalue weighted by molar-refractivity contribution is 9.10. The summed E-state index contributed by atoms with van der Waals surface area (Å²) < 4.78 is 11.0. The van der Waals surface area contributed by atoms with Crippen LogP contribution in [0.5, 0.6) is 5.75 Å². The minimum Gasteiger partial charge on any atom is -0.496 e. The monoisotopic (exact) mass is 416 g/mol. The summed E-state index contributed by atoms with van der Waals surface area (Å²) in [5.41, 5.74) is 3.89. The number of unbranched alkanes of at least 4 members (excludes halogenated alkanes) is 3. The first-order valence-electron chi connectivity index (χ1n) is 8.83. The smallest absolute Gasteiger partial charge is 0.337 e. The molecule has 2 aromatic rings. The highest BCUT2D eigenvalue weighted by atomic mass is 79.9. The number of carbonyl (C=O) groups is 1. The Labute approximate surface area is 164 Å². The summed E-state index contributed by atoms with van der Waals surface area (Å²) in [7, 11) is 3.05. The third-order valence-electron chi connectivity index (χ3n) is 4.24. The molecule has 0 spiro atoms. The molecule has 3 nitrogen and oxygen atoms in total. The molecule has 26 heavy (non-hydrogen) atoms. The predicted octanol–water partition coefficient (Wildman–Crippen LogP) is 6.26. The van der Waals surface area contributed by atoms with Crippen LogP contribution < -0.4 is 4.74 Å². The van der Waals surface area contributed by atoms with Gasteiger partial charge in [-0.3, -0.25) is 0 Å². The fourth-order valence-electron chi connectivity index (χ4n) is 2.78. The molecule has 0 fully saturated rings. The van der Waals surface area contributed by atoms with Gasteiger partial charge in [-0.1, -0.05) is 44.0 Å². The van der Waals surface area contributed by atoms with Crippen LogP contribution in [0.1, 0.15) is 54.1 Å². The van der Waals surface area contributed by atoms with Gasteiger partial charge in [-0.2, -0.15) is 0 Å². The van der Waals surface area contributed by atoms with Gasteiger partial charge in [0.05, 0.1) is 24.3 Å². The van der Waals surface area contributed by atoms with E-state index in [1.165, 1.54) is 20.0 Å². The van der Waals surface area contributed by atoms with Crippen molar-refractivity contribution in [2.75, 3.05) is 14.2 Å². The van der Waals surface area contributed by atoms with E-state index in [0.29, 0.717) is 5.56 Å². The van der Waals surface area contributed by atoms with Crippen LogP contribution in [0.4, 0.5) is 0 Å². The van der Waals surface area contributed by atoms with Crippen molar-refractivity contribution < 1.29 is 14.3 Å². The summed E-state index contributed by atoms with van der Waals surface area (Å²) in [6.07, 6.45) is 6.88. The molecule has 0 bridgehead atoms. The number of benzene rings is 2. The van der Waals surface area contributed by atoms with Crippen LogP contribution in [0.15, 0.2) is 53.0 Å². The van der Waals surface area contributed by atoms with Crippen molar-refractivity contribution in [3.05, 3.63) is 69.7 Å². The molecule has 0 radical (unpaired) electrons. The van der Waals surface area contributed by atoms with Gasteiger partial charge in [0.15, 0.2) is 0 Å². The fraction of sp³-hybridized carbons (Fsp3) is 0.318. The molecule has 0 aliphatic heterocycles. The maximum absolute atomic E-state index is 11.7. The van der Waals surface area contributed by atoms with Crippen molar-refractivity contribution in [3.63, 3.8) is 0 Å². The van der Waals surface area contributed by atoms with Crippen LogP contribution in [-0.4, -0.2) is 20.2 Å². The number of hydrogen-bond acceptors (Lipinski definition) is 3. The zero-order chi connectivity index (χ0) is 18.9. The largest absolute Gasteiger partial charge is 0.496 e. The molecule has 0 saturated carbocycles. The lowest BCUT2D eigenvalue weighted by Gasteiger charge is -2.12. The van der Waals surface area contributed by atoms with Gasteiger partial charge in [-0.25, -0.2) is 4.79 Å². The van der Waals surface area contributed by atoms with Crippen LogP contribution in [0.25, 0.3) is 5.57 Å². The van der Waals surface area contributed by atoms with E-state index in [1.54, 1.807) is 19.2 Å². The maximum Gasteiger partial charge on any atom is 0.337 e. The van der Waals surface area contributed by atoms with Crippen molar-refractivity contribution in [3.8, 4) is 5.75 Å².